The molecule has 3 unspecified atom stereocenters. The summed E-state index contributed by atoms with van der Waals surface area (Å²) in [6.07, 6.45) is 4.84. The van der Waals surface area contributed by atoms with Crippen LogP contribution in [0, 0.1) is 40.9 Å². The Morgan fingerprint density at radius 3 is 2.34 bits per heavy atom. The van der Waals surface area contributed by atoms with Crippen LogP contribution in [0.1, 0.15) is 44.9 Å². The molecule has 5 atom stereocenters. The quantitative estimate of drug-likeness (QED) is 0.242. The van der Waals surface area contributed by atoms with Crippen molar-refractivity contribution in [2.45, 2.75) is 56.7 Å². The number of hydrogen-bond acceptors (Lipinski definition) is 8. The summed E-state index contributed by atoms with van der Waals surface area (Å²) in [4.78, 5) is 51.9. The van der Waals surface area contributed by atoms with E-state index >= 15 is 4.39 Å². The van der Waals surface area contributed by atoms with Gasteiger partial charge in [-0.1, -0.05) is 12.7 Å². The molecule has 0 radical (unpaired) electrons. The van der Waals surface area contributed by atoms with Crippen molar-refractivity contribution in [3.63, 3.8) is 0 Å². The van der Waals surface area contributed by atoms with Crippen molar-refractivity contribution in [3.05, 3.63) is 12.7 Å². The number of nitrogens with zero attached hydrogens (tertiary/aromatic N) is 1. The molecule has 1 heterocycles. The highest BCUT2D eigenvalue weighted by molar-refractivity contribution is 5.93. The highest BCUT2D eigenvalue weighted by Gasteiger charge is 2.81. The first-order valence-corrected chi connectivity index (χ1v) is 12.5. The van der Waals surface area contributed by atoms with Gasteiger partial charge in [-0.15, -0.1) is 0 Å². The Morgan fingerprint density at radius 2 is 1.71 bits per heavy atom. The summed E-state index contributed by atoms with van der Waals surface area (Å²) < 4.78 is 35.8. The minimum Gasteiger partial charge on any atom is -0.445 e. The number of esters is 3. The van der Waals surface area contributed by atoms with Crippen molar-refractivity contribution in [1.29, 1.82) is 0 Å². The third-order valence-electron chi connectivity index (χ3n) is 9.41. The molecule has 190 valence electrons. The number of carbonyl (C=O) groups is 4. The third-order valence-corrected chi connectivity index (χ3v) is 9.41. The second-order valence-corrected chi connectivity index (χ2v) is 11.3. The van der Waals surface area contributed by atoms with Crippen LogP contribution in [0.25, 0.3) is 0 Å². The first kappa shape index (κ1) is 22.8. The van der Waals surface area contributed by atoms with Gasteiger partial charge in [-0.2, -0.15) is 0 Å². The second kappa shape index (κ2) is 7.93. The molecule has 0 N–H and O–H groups in total. The maximum absolute atomic E-state index is 15.1. The van der Waals surface area contributed by atoms with Gasteiger partial charge >= 0.3 is 24.0 Å². The highest BCUT2D eigenvalue weighted by atomic mass is 19.1. The van der Waals surface area contributed by atoms with Crippen LogP contribution in [-0.2, 0) is 33.3 Å². The van der Waals surface area contributed by atoms with Crippen molar-refractivity contribution in [3.8, 4) is 0 Å². The smallest absolute Gasteiger partial charge is 0.413 e. The summed E-state index contributed by atoms with van der Waals surface area (Å²) in [7, 11) is 0. The number of fused-ring (bicyclic) bond motifs is 2. The lowest BCUT2D eigenvalue weighted by molar-refractivity contribution is -0.187. The van der Waals surface area contributed by atoms with E-state index in [9.17, 15) is 19.2 Å². The number of cyclic esters (lactones) is 1. The Labute approximate surface area is 202 Å². The third kappa shape index (κ3) is 3.24. The summed E-state index contributed by atoms with van der Waals surface area (Å²) in [5.74, 6) is -2.10. The van der Waals surface area contributed by atoms with Gasteiger partial charge in [0.05, 0.1) is 11.3 Å². The summed E-state index contributed by atoms with van der Waals surface area (Å²) in [6, 6.07) is 0. The largest absolute Gasteiger partial charge is 0.445 e. The van der Waals surface area contributed by atoms with Gasteiger partial charge in [0.2, 0.25) is 6.79 Å². The van der Waals surface area contributed by atoms with E-state index in [1.165, 1.54) is 25.3 Å². The van der Waals surface area contributed by atoms with Gasteiger partial charge in [0.25, 0.3) is 0 Å². The topological polar surface area (TPSA) is 108 Å². The number of ether oxygens (including phenoxy) is 4. The Hall–Kier alpha value is -2.65. The summed E-state index contributed by atoms with van der Waals surface area (Å²) in [6.45, 7) is 2.41. The van der Waals surface area contributed by atoms with E-state index in [0.29, 0.717) is 17.8 Å². The first-order valence-electron chi connectivity index (χ1n) is 12.5. The average molecular weight is 492 g/mol. The van der Waals surface area contributed by atoms with Crippen molar-refractivity contribution in [1.82, 2.24) is 4.90 Å². The van der Waals surface area contributed by atoms with E-state index in [2.05, 4.69) is 6.58 Å². The number of halogens is 1. The Kier molecular flexibility index (Phi) is 5.16. The molecule has 35 heavy (non-hydrogen) atoms. The molecule has 1 aliphatic heterocycles. The van der Waals surface area contributed by atoms with E-state index in [0.717, 1.165) is 24.2 Å². The van der Waals surface area contributed by atoms with Crippen molar-refractivity contribution in [2.75, 3.05) is 20.1 Å². The lowest BCUT2D eigenvalue weighted by Gasteiger charge is -2.55. The summed E-state index contributed by atoms with van der Waals surface area (Å²) in [5.41, 5.74) is -2.36. The van der Waals surface area contributed by atoms with Crippen LogP contribution in [0.2, 0.25) is 0 Å². The minimum atomic E-state index is -1.90. The maximum Gasteiger partial charge on any atom is 0.413 e. The molecule has 7 aliphatic rings. The lowest BCUT2D eigenvalue weighted by atomic mass is 9.49. The summed E-state index contributed by atoms with van der Waals surface area (Å²) >= 11 is 0. The molecule has 0 aromatic rings. The molecule has 0 aromatic heterocycles. The summed E-state index contributed by atoms with van der Waals surface area (Å²) in [5, 5.41) is 0. The molecular formula is C25H30FNO8. The molecule has 1 amide bonds. The monoisotopic (exact) mass is 491 g/mol. The van der Waals surface area contributed by atoms with E-state index < -0.39 is 66.4 Å². The molecular weight excluding hydrogens is 461 g/mol. The second-order valence-electron chi connectivity index (χ2n) is 11.3. The number of amides is 1. The predicted octanol–water partition coefficient (Wildman–Crippen LogP) is 2.73. The fourth-order valence-electron chi connectivity index (χ4n) is 8.45. The van der Waals surface area contributed by atoms with Gasteiger partial charge in [0.15, 0.2) is 12.3 Å². The zero-order valence-electron chi connectivity index (χ0n) is 19.5. The predicted molar refractivity (Wildman–Crippen MR) is 115 cm³/mol. The average Bonchev–Trinajstić information content (AvgIpc) is 3.29. The van der Waals surface area contributed by atoms with Crippen LogP contribution >= 0.6 is 0 Å². The van der Waals surface area contributed by atoms with Crippen LogP contribution in [-0.4, -0.2) is 60.7 Å². The molecule has 1 spiro atoms. The van der Waals surface area contributed by atoms with Gasteiger partial charge in [0.1, 0.15) is 12.8 Å². The van der Waals surface area contributed by atoms with E-state index in [4.69, 9.17) is 18.9 Å². The van der Waals surface area contributed by atoms with E-state index in [1.807, 2.05) is 0 Å². The molecule has 1 saturated heterocycles. The van der Waals surface area contributed by atoms with Crippen molar-refractivity contribution >= 4 is 24.0 Å². The highest BCUT2D eigenvalue weighted by Crippen LogP contribution is 2.67. The van der Waals surface area contributed by atoms with Crippen LogP contribution in [0.15, 0.2) is 12.7 Å². The zero-order valence-corrected chi connectivity index (χ0v) is 19.5. The van der Waals surface area contributed by atoms with Gasteiger partial charge in [-0.05, 0) is 68.6 Å². The van der Waals surface area contributed by atoms with Crippen molar-refractivity contribution in [2.24, 2.45) is 40.9 Å². The van der Waals surface area contributed by atoms with Gasteiger partial charge in [-0.3, -0.25) is 14.5 Å². The van der Waals surface area contributed by atoms with Crippen LogP contribution in [0.3, 0.4) is 0 Å². The fourth-order valence-corrected chi connectivity index (χ4v) is 8.45. The van der Waals surface area contributed by atoms with Gasteiger partial charge in [-0.25, -0.2) is 14.0 Å². The lowest BCUT2D eigenvalue weighted by Crippen LogP contribution is -2.58. The molecule has 6 saturated carbocycles. The number of hydrogen-bond donors (Lipinski definition) is 0. The molecule has 0 aromatic carbocycles. The molecule has 10 heteroatoms. The Balaban J connectivity index is 1.08. The normalized spacial score (nSPS) is 44.1. The van der Waals surface area contributed by atoms with Gasteiger partial charge < -0.3 is 18.9 Å². The van der Waals surface area contributed by atoms with E-state index in [1.54, 1.807) is 0 Å². The fraction of sp³-hybridized carbons (Fsp3) is 0.760. The molecule has 7 fully saturated rings. The molecule has 9 nitrogen and oxygen atoms in total. The SMILES string of the molecule is C=CCOC(=O)N1COC(=O)[C@@]12C(F)CC1C2[C@H]1C(=O)OCOC(=O)C12CC3CC(CC(C3)C1)C2. The zero-order chi connectivity index (χ0) is 24.5. The van der Waals surface area contributed by atoms with Gasteiger partial charge in [0, 0.05) is 5.92 Å². The van der Waals surface area contributed by atoms with Crippen LogP contribution in [0.4, 0.5) is 9.18 Å². The van der Waals surface area contributed by atoms with E-state index in [-0.39, 0.29) is 19.0 Å². The maximum atomic E-state index is 15.1. The van der Waals surface area contributed by atoms with Crippen LogP contribution < -0.4 is 0 Å². The Morgan fingerprint density at radius 1 is 1.06 bits per heavy atom. The van der Waals surface area contributed by atoms with Crippen molar-refractivity contribution < 1.29 is 42.5 Å². The van der Waals surface area contributed by atoms with Crippen LogP contribution in [0.5, 0.6) is 0 Å². The molecule has 7 rings (SSSR count). The number of carbonyl (C=O) groups excluding carboxylic acids is 4. The molecule has 4 bridgehead atoms. The number of rotatable bonds is 6. The first-order chi connectivity index (χ1) is 16.8. The minimum absolute atomic E-state index is 0.0716. The standard InChI is InChI=1S/C25H30FNO8/c1-2-3-32-23(31)27-11-33-22(30)25(27)17(26)7-16-18(19(16)25)20(28)34-12-35-21(29)24-8-13-4-14(9-24)6-15(5-13)10-24/h2,13-19H,1,3-12H2/t13?,14?,15?,16?,17?,18-,19?,24?,25-/m0/s1. The Bertz CT molecular complexity index is 947. The molecule has 6 aliphatic carbocycles. The number of alkyl halides is 1.